The van der Waals surface area contributed by atoms with E-state index in [2.05, 4.69) is 30.3 Å². The first kappa shape index (κ1) is 39.4. The van der Waals surface area contributed by atoms with E-state index in [4.69, 9.17) is 5.14 Å². The van der Waals surface area contributed by atoms with Crippen molar-refractivity contribution >= 4 is 73.9 Å². The van der Waals surface area contributed by atoms with Gasteiger partial charge in [0.2, 0.25) is 37.9 Å². The molecule has 2 rings (SSSR count). The van der Waals surface area contributed by atoms with E-state index in [9.17, 15) is 55.7 Å². The smallest absolute Gasteiger partial charge is 0.296 e. The van der Waals surface area contributed by atoms with E-state index in [1.807, 2.05) is 0 Å². The molecule has 2 aromatic rings. The molecule has 0 saturated heterocycles. The quantitative estimate of drug-likeness (QED) is 0.0721. The van der Waals surface area contributed by atoms with Crippen molar-refractivity contribution in [3.8, 4) is 0 Å². The van der Waals surface area contributed by atoms with Crippen molar-refractivity contribution in [1.82, 2.24) is 19.7 Å². The average Bonchev–Trinajstić information content (AvgIpc) is 2.88. The highest BCUT2D eigenvalue weighted by Crippen LogP contribution is 2.28. The molecule has 3 unspecified atom stereocenters. The van der Waals surface area contributed by atoms with Gasteiger partial charge in [-0.1, -0.05) is 13.8 Å². The molecule has 0 spiro atoms. The van der Waals surface area contributed by atoms with Crippen LogP contribution in [0.2, 0.25) is 0 Å². The maximum atomic E-state index is 13.1. The molecule has 0 saturated carbocycles. The summed E-state index contributed by atoms with van der Waals surface area (Å²) in [7, 11) is -21.1. The Balaban J connectivity index is 2.36. The van der Waals surface area contributed by atoms with Crippen LogP contribution in [-0.2, 0) is 50.4 Å². The zero-order valence-electron chi connectivity index (χ0n) is 24.6. The van der Waals surface area contributed by atoms with Crippen LogP contribution in [0.25, 0.3) is 0 Å². The number of hydrogen-bond acceptors (Lipinski definition) is 16. The van der Waals surface area contributed by atoms with Gasteiger partial charge in [0.25, 0.3) is 30.4 Å². The predicted molar refractivity (Wildman–Crippen MR) is 166 cm³/mol. The monoisotopic (exact) mass is 754 g/mol. The lowest BCUT2D eigenvalue weighted by molar-refractivity contribution is 0.450. The minimum Gasteiger partial charge on any atom is -0.353 e. The third-order valence-corrected chi connectivity index (χ3v) is 13.2. The van der Waals surface area contributed by atoms with Crippen molar-refractivity contribution in [2.45, 2.75) is 52.2 Å². The van der Waals surface area contributed by atoms with Crippen molar-refractivity contribution in [3.05, 3.63) is 18.2 Å². The molecule has 262 valence electrons. The molecule has 8 N–H and O–H groups in total. The Bertz CT molecular complexity index is 1970. The van der Waals surface area contributed by atoms with Gasteiger partial charge >= 0.3 is 0 Å². The van der Waals surface area contributed by atoms with Crippen molar-refractivity contribution < 1.29 is 55.7 Å². The molecule has 1 heterocycles. The molecule has 26 heteroatoms. The molecular formula is C20H34N8O13S5. The highest BCUT2D eigenvalue weighted by molar-refractivity contribution is 7.95. The molecule has 0 aliphatic carbocycles. The average molecular weight is 755 g/mol. The molecular weight excluding hydrogens is 721 g/mol. The molecule has 21 nitrogen and oxygen atoms in total. The highest BCUT2D eigenvalue weighted by Gasteiger charge is 2.47. The van der Waals surface area contributed by atoms with E-state index in [-0.39, 0.29) is 18.4 Å². The van der Waals surface area contributed by atoms with Crippen LogP contribution in [0.15, 0.2) is 28.0 Å². The zero-order valence-corrected chi connectivity index (χ0v) is 28.7. The number of hydrogen-bond donors (Lipinski definition) is 7. The number of primary sulfonamides is 1. The first-order valence-electron chi connectivity index (χ1n) is 12.8. The minimum atomic E-state index is -5.02. The van der Waals surface area contributed by atoms with E-state index in [0.29, 0.717) is 12.1 Å². The van der Waals surface area contributed by atoms with Gasteiger partial charge in [-0.2, -0.15) is 40.2 Å². The molecule has 1 aromatic heterocycles. The van der Waals surface area contributed by atoms with Crippen molar-refractivity contribution in [2.24, 2.45) is 5.14 Å². The first-order valence-corrected chi connectivity index (χ1v) is 20.4. The lowest BCUT2D eigenvalue weighted by atomic mass is 10.1. The van der Waals surface area contributed by atoms with Crippen LogP contribution in [0.3, 0.4) is 0 Å². The lowest BCUT2D eigenvalue weighted by Gasteiger charge is -2.29. The Morgan fingerprint density at radius 2 is 1.37 bits per heavy atom. The minimum absolute atomic E-state index is 0.0437. The number of aromatic nitrogens is 3. The molecule has 0 aliphatic heterocycles. The SMILES string of the molecule is CCC(C(C(CC)S(=O)(=O)NCCNc1nc(Nc2cc(S(=O)(=O)O)ccc2S(=O)(=O)O)nc(N(C)C)n1)S(N)(=O)=O)S(=O)(=O)O. The summed E-state index contributed by atoms with van der Waals surface area (Å²) >= 11 is 0. The van der Waals surface area contributed by atoms with E-state index in [0.717, 1.165) is 6.07 Å². The second kappa shape index (κ2) is 14.5. The van der Waals surface area contributed by atoms with Gasteiger partial charge in [-0.3, -0.25) is 13.7 Å². The van der Waals surface area contributed by atoms with Gasteiger partial charge in [0.15, 0.2) is 0 Å². The molecule has 1 aromatic carbocycles. The van der Waals surface area contributed by atoms with Crippen LogP contribution in [0, 0.1) is 0 Å². The topological polar surface area (TPSA) is 335 Å². The summed E-state index contributed by atoms with van der Waals surface area (Å²) in [5.41, 5.74) is -0.544. The fourth-order valence-electron chi connectivity index (χ4n) is 4.19. The Morgan fingerprint density at radius 3 is 1.83 bits per heavy atom. The third-order valence-electron chi connectivity index (χ3n) is 6.21. The number of rotatable bonds is 17. The van der Waals surface area contributed by atoms with Crippen LogP contribution in [0.5, 0.6) is 0 Å². The molecule has 0 aliphatic rings. The van der Waals surface area contributed by atoms with Gasteiger partial charge in [0.05, 0.1) is 15.8 Å². The van der Waals surface area contributed by atoms with Crippen LogP contribution in [-0.4, -0.2) is 114 Å². The van der Waals surface area contributed by atoms with Crippen molar-refractivity contribution in [1.29, 1.82) is 0 Å². The van der Waals surface area contributed by atoms with E-state index < -0.39 is 107 Å². The van der Waals surface area contributed by atoms with Crippen molar-refractivity contribution in [2.75, 3.05) is 42.7 Å². The molecule has 46 heavy (non-hydrogen) atoms. The number of anilines is 4. The van der Waals surface area contributed by atoms with Crippen LogP contribution < -0.4 is 25.4 Å². The maximum absolute atomic E-state index is 13.1. The Labute approximate surface area is 266 Å². The van der Waals surface area contributed by atoms with Gasteiger partial charge in [0, 0.05) is 27.2 Å². The summed E-state index contributed by atoms with van der Waals surface area (Å²) in [5, 5.41) is 4.18. The fourth-order valence-corrected chi connectivity index (χ4v) is 11.0. The Hall–Kier alpha value is -2.82. The summed E-state index contributed by atoms with van der Waals surface area (Å²) in [6, 6.07) is 2.14. The molecule has 0 amide bonds. The highest BCUT2D eigenvalue weighted by atomic mass is 32.2. The first-order chi connectivity index (χ1) is 20.8. The Morgan fingerprint density at radius 1 is 0.804 bits per heavy atom. The number of nitrogens with zero attached hydrogens (tertiary/aromatic N) is 4. The van der Waals surface area contributed by atoms with Gasteiger partial charge in [-0.05, 0) is 31.0 Å². The second-order valence-electron chi connectivity index (χ2n) is 9.74. The standard InChI is InChI=1S/C20H34N8O13S5/c1-5-14(17(42(21,29)30)15(6-2)45(36,37)38)43(31,32)23-10-9-22-18-25-19(27-20(26-18)28(3)4)24-13-11-12(44(33,34)35)7-8-16(13)46(39,40)41/h7-8,11,14-15,17,23H,5-6,9-10H2,1-4H3,(H2,21,29,30)(H,33,34,35)(H,36,37,38)(H,39,40,41)(H2,22,24,25,26,27). The Kier molecular flexibility index (Phi) is 12.4. The fraction of sp³-hybridized carbons (Fsp3) is 0.550. The molecule has 0 bridgehead atoms. The van der Waals surface area contributed by atoms with Crippen LogP contribution in [0.1, 0.15) is 26.7 Å². The summed E-state index contributed by atoms with van der Waals surface area (Å²) in [4.78, 5) is 12.0. The summed E-state index contributed by atoms with van der Waals surface area (Å²) in [5.74, 6) is -0.665. The zero-order chi connectivity index (χ0) is 35.5. The van der Waals surface area contributed by atoms with Gasteiger partial charge in [0.1, 0.15) is 15.4 Å². The largest absolute Gasteiger partial charge is 0.353 e. The van der Waals surface area contributed by atoms with E-state index >= 15 is 0 Å². The van der Waals surface area contributed by atoms with Gasteiger partial charge < -0.3 is 15.5 Å². The normalized spacial score (nSPS) is 15.1. The number of sulfonamides is 2. The molecule has 0 radical (unpaired) electrons. The van der Waals surface area contributed by atoms with E-state index in [1.165, 1.54) is 32.8 Å². The van der Waals surface area contributed by atoms with E-state index in [1.54, 1.807) is 0 Å². The second-order valence-corrected chi connectivity index (χ2v) is 17.9. The molecule has 0 fully saturated rings. The van der Waals surface area contributed by atoms with Crippen LogP contribution in [0.4, 0.5) is 23.5 Å². The maximum Gasteiger partial charge on any atom is 0.296 e. The third kappa shape index (κ3) is 10.3. The molecule has 3 atom stereocenters. The number of nitrogens with one attached hydrogen (secondary N) is 3. The summed E-state index contributed by atoms with van der Waals surface area (Å²) in [6.45, 7) is 1.82. The van der Waals surface area contributed by atoms with Gasteiger partial charge in [-0.15, -0.1) is 0 Å². The number of benzene rings is 1. The van der Waals surface area contributed by atoms with Crippen LogP contribution >= 0.6 is 0 Å². The number of nitrogens with two attached hydrogens (primary N) is 1. The summed E-state index contributed by atoms with van der Waals surface area (Å²) < 4.78 is 152. The van der Waals surface area contributed by atoms with Gasteiger partial charge in [-0.25, -0.2) is 26.7 Å². The van der Waals surface area contributed by atoms with Crippen molar-refractivity contribution in [3.63, 3.8) is 0 Å². The lowest BCUT2D eigenvalue weighted by Crippen LogP contribution is -2.54. The summed E-state index contributed by atoms with van der Waals surface area (Å²) in [6.07, 6.45) is -0.849. The predicted octanol–water partition coefficient (Wildman–Crippen LogP) is -1.39.